The molecule has 8 aromatic carbocycles. The highest BCUT2D eigenvalue weighted by atomic mass is 32.2. The van der Waals surface area contributed by atoms with E-state index < -0.39 is 44.5 Å². The Morgan fingerprint density at radius 3 is 1.04 bits per heavy atom. The molecule has 6 N–H and O–H groups in total. The van der Waals surface area contributed by atoms with E-state index in [0.29, 0.717) is 56.8 Å². The summed E-state index contributed by atoms with van der Waals surface area (Å²) in [7, 11) is -8.61. The number of urea groups is 2. The Kier molecular flexibility index (Phi) is 15.9. The molecule has 0 bridgehead atoms. The van der Waals surface area contributed by atoms with Crippen molar-refractivity contribution >= 4 is 78.6 Å². The molecule has 0 aliphatic heterocycles. The number of rotatable bonds is 16. The number of benzene rings is 8. The number of anilines is 6. The first-order valence-electron chi connectivity index (χ1n) is 22.4. The molecule has 380 valence electrons. The molecule has 0 saturated carbocycles. The Balaban J connectivity index is 0.781. The number of nitrogens with one attached hydrogen (secondary N) is 6. The van der Waals surface area contributed by atoms with Crippen LogP contribution in [0.4, 0.5) is 53.3 Å². The molecule has 0 aromatic heterocycles. The van der Waals surface area contributed by atoms with Crippen LogP contribution in [-0.2, 0) is 20.2 Å². The Morgan fingerprint density at radius 1 is 0.347 bits per heavy atom. The van der Waals surface area contributed by atoms with Crippen LogP contribution in [0.25, 0.3) is 0 Å². The van der Waals surface area contributed by atoms with Gasteiger partial charge in [-0.15, -0.1) is 0 Å². The second-order valence-corrected chi connectivity index (χ2v) is 19.1. The second-order valence-electron chi connectivity index (χ2n) is 16.0. The van der Waals surface area contributed by atoms with Gasteiger partial charge in [0.2, 0.25) is 0 Å². The maximum Gasteiger partial charge on any atom is 0.417 e. The number of amides is 6. The van der Waals surface area contributed by atoms with Gasteiger partial charge in [0.1, 0.15) is 44.3 Å². The van der Waals surface area contributed by atoms with Crippen molar-refractivity contribution in [1.82, 2.24) is 0 Å². The van der Waals surface area contributed by atoms with Gasteiger partial charge in [-0.3, -0.25) is 10.6 Å². The smallest absolute Gasteiger partial charge is 0.417 e. The van der Waals surface area contributed by atoms with Crippen molar-refractivity contribution < 1.29 is 58.6 Å². The molecular formula is C54H44N6O13S2. The zero-order chi connectivity index (χ0) is 53.0. The van der Waals surface area contributed by atoms with Gasteiger partial charge in [-0.2, -0.15) is 16.8 Å². The average molecular weight is 1050 g/mol. The van der Waals surface area contributed by atoms with Crippen LogP contribution < -0.4 is 54.5 Å². The molecule has 0 spiro atoms. The molecule has 0 atom stereocenters. The Labute approximate surface area is 430 Å². The molecule has 21 heteroatoms. The lowest BCUT2D eigenvalue weighted by atomic mass is 10.2. The molecule has 0 fully saturated rings. The van der Waals surface area contributed by atoms with Crippen LogP contribution in [0.15, 0.2) is 204 Å². The highest BCUT2D eigenvalue weighted by molar-refractivity contribution is 7.87. The number of carbonyl (C=O) groups is 4. The molecule has 0 aliphatic carbocycles. The molecule has 8 rings (SSSR count). The van der Waals surface area contributed by atoms with Crippen LogP contribution in [-0.4, -0.2) is 41.1 Å². The van der Waals surface area contributed by atoms with Gasteiger partial charge in [0, 0.05) is 34.1 Å². The van der Waals surface area contributed by atoms with E-state index in [0.717, 1.165) is 0 Å². The summed E-state index contributed by atoms with van der Waals surface area (Å²) in [5, 5.41) is 16.0. The van der Waals surface area contributed by atoms with Gasteiger partial charge in [0.05, 0.1) is 0 Å². The summed E-state index contributed by atoms with van der Waals surface area (Å²) < 4.78 is 79.5. The normalized spacial score (nSPS) is 11.0. The molecule has 19 nitrogen and oxygen atoms in total. The van der Waals surface area contributed by atoms with Crippen LogP contribution in [0.5, 0.6) is 34.5 Å². The van der Waals surface area contributed by atoms with Crippen LogP contribution in [0.2, 0.25) is 0 Å². The van der Waals surface area contributed by atoms with Crippen molar-refractivity contribution in [3.05, 3.63) is 205 Å². The first kappa shape index (κ1) is 51.5. The lowest BCUT2D eigenvalue weighted by Gasteiger charge is -2.13. The fraction of sp³-hybridized carbons (Fsp3) is 0.0370. The van der Waals surface area contributed by atoms with Crippen molar-refractivity contribution in [2.75, 3.05) is 31.9 Å². The third kappa shape index (κ3) is 14.6. The largest absolute Gasteiger partial charge is 0.457 e. The van der Waals surface area contributed by atoms with Gasteiger partial charge in [-0.1, -0.05) is 48.5 Å². The Morgan fingerprint density at radius 2 is 0.680 bits per heavy atom. The molecule has 0 saturated heterocycles. The molecule has 0 radical (unpaired) electrons. The fourth-order valence-electron chi connectivity index (χ4n) is 6.74. The van der Waals surface area contributed by atoms with Gasteiger partial charge in [-0.05, 0) is 171 Å². The molecule has 75 heavy (non-hydrogen) atoms. The minimum Gasteiger partial charge on any atom is -0.457 e. The summed E-state index contributed by atoms with van der Waals surface area (Å²) in [4.78, 5) is 50.1. The van der Waals surface area contributed by atoms with Gasteiger partial charge in [0.15, 0.2) is 0 Å². The van der Waals surface area contributed by atoms with E-state index in [1.54, 1.807) is 111 Å². The van der Waals surface area contributed by atoms with Gasteiger partial charge >= 0.3 is 44.5 Å². The molecule has 0 unspecified atom stereocenters. The number of ether oxygens (including phenoxy) is 3. The lowest BCUT2D eigenvalue weighted by Crippen LogP contribution is -2.20. The van der Waals surface area contributed by atoms with E-state index in [1.165, 1.54) is 97.1 Å². The van der Waals surface area contributed by atoms with E-state index in [2.05, 4.69) is 31.9 Å². The summed E-state index contributed by atoms with van der Waals surface area (Å²) in [6.07, 6.45) is -1.41. The maximum absolute atomic E-state index is 13.1. The third-order valence-corrected chi connectivity index (χ3v) is 13.0. The number of carbonyl (C=O) groups excluding carboxylic acids is 4. The second kappa shape index (κ2) is 23.1. The van der Waals surface area contributed by atoms with Crippen molar-refractivity contribution in [2.24, 2.45) is 0 Å². The maximum atomic E-state index is 13.1. The summed E-state index contributed by atoms with van der Waals surface area (Å²) in [5.41, 5.74) is 3.70. The van der Waals surface area contributed by atoms with E-state index in [9.17, 15) is 36.0 Å². The molecule has 8 aromatic rings. The minimum atomic E-state index is -4.31. The molecule has 0 aliphatic rings. The zero-order valence-electron chi connectivity index (χ0n) is 39.6. The number of para-hydroxylation sites is 2. The van der Waals surface area contributed by atoms with Crippen LogP contribution >= 0.6 is 0 Å². The Bertz CT molecular complexity index is 3330. The van der Waals surface area contributed by atoms with E-state index >= 15 is 0 Å². The van der Waals surface area contributed by atoms with Crippen molar-refractivity contribution in [2.45, 2.75) is 23.6 Å². The summed E-state index contributed by atoms with van der Waals surface area (Å²) in [6, 6.07) is 47.7. The van der Waals surface area contributed by atoms with Gasteiger partial charge < -0.3 is 43.8 Å². The topological polar surface area (TPSA) is 255 Å². The Hall–Kier alpha value is -9.86. The summed E-state index contributed by atoms with van der Waals surface area (Å²) in [6.45, 7) is 3.55. The summed E-state index contributed by atoms with van der Waals surface area (Å²) >= 11 is 0. The molecule has 0 heterocycles. The van der Waals surface area contributed by atoms with E-state index in [-0.39, 0.29) is 32.8 Å². The van der Waals surface area contributed by atoms with Crippen molar-refractivity contribution in [3.63, 3.8) is 0 Å². The quantitative estimate of drug-likeness (QED) is 0.0493. The predicted octanol–water partition coefficient (Wildman–Crippen LogP) is 12.1. The fourth-order valence-corrected chi connectivity index (χ4v) is 8.60. The lowest BCUT2D eigenvalue weighted by molar-refractivity contribution is 0.214. The standard InChI is InChI=1S/C54H44N6O13S2/c1-35-13-15-39(57-53(63)70-41-9-5-3-6-10-41)33-49(35)59-51(61)55-37-17-21-45(22-18-37)72-74(65,66)47-29-25-43(26-30-47)69-44-27-31-48(32-28-44)75(67,68)73-46-23-19-38(20-24-46)56-52(62)60-50-34-40(16-14-36(50)2)58-54(64)71-42-11-7-4-8-12-42/h3-34H,1-2H3,(H,57,63)(H,58,64)(H2,55,59,61)(H2,56,60,62). The van der Waals surface area contributed by atoms with Crippen LogP contribution in [0, 0.1) is 13.8 Å². The van der Waals surface area contributed by atoms with Gasteiger partial charge in [0.25, 0.3) is 0 Å². The number of hydrogen-bond donors (Lipinski definition) is 6. The average Bonchev–Trinajstić information content (AvgIpc) is 3.38. The third-order valence-electron chi connectivity index (χ3n) is 10.5. The van der Waals surface area contributed by atoms with E-state index in [1.807, 2.05) is 0 Å². The first-order valence-corrected chi connectivity index (χ1v) is 25.3. The molecule has 6 amide bonds. The first-order chi connectivity index (χ1) is 36.0. The highest BCUT2D eigenvalue weighted by Gasteiger charge is 2.20. The predicted molar refractivity (Wildman–Crippen MR) is 281 cm³/mol. The number of aryl methyl sites for hydroxylation is 2. The van der Waals surface area contributed by atoms with E-state index in [4.69, 9.17) is 22.6 Å². The zero-order valence-corrected chi connectivity index (χ0v) is 41.2. The SMILES string of the molecule is Cc1ccc(NC(=O)Oc2ccccc2)cc1NC(=O)Nc1ccc(OS(=O)(=O)c2ccc(Oc3ccc(S(=O)(=O)Oc4ccc(NC(=O)Nc5cc(NC(=O)Oc6ccccc6)ccc5C)cc4)cc3)cc2)cc1. The van der Waals surface area contributed by atoms with Crippen molar-refractivity contribution in [3.8, 4) is 34.5 Å². The molecular weight excluding hydrogens is 1000 g/mol. The monoisotopic (exact) mass is 1050 g/mol. The minimum absolute atomic E-state index is 0.0264. The van der Waals surface area contributed by atoms with Crippen LogP contribution in [0.1, 0.15) is 11.1 Å². The van der Waals surface area contributed by atoms with Crippen molar-refractivity contribution in [1.29, 1.82) is 0 Å². The highest BCUT2D eigenvalue weighted by Crippen LogP contribution is 2.29. The number of hydrogen-bond acceptors (Lipinski definition) is 13. The van der Waals surface area contributed by atoms with Gasteiger partial charge in [-0.25, -0.2) is 19.2 Å². The van der Waals surface area contributed by atoms with Crippen LogP contribution in [0.3, 0.4) is 0 Å². The summed E-state index contributed by atoms with van der Waals surface area (Å²) in [5.74, 6) is 1.15.